The number of nitrogen functional groups attached to an aromatic ring is 1. The standard InChI is InChI=1S/C12H11NO4/c1-16-7-2-3-8(9(13)6-7)10-4-5-11(17-10)12(14)15/h2-6H,13H2,1H3,(H,14,15). The predicted octanol–water partition coefficient (Wildman–Crippen LogP) is 2.24. The summed E-state index contributed by atoms with van der Waals surface area (Å²) in [4.78, 5) is 10.7. The van der Waals surface area contributed by atoms with E-state index >= 15 is 0 Å². The Kier molecular flexibility index (Phi) is 2.74. The minimum absolute atomic E-state index is 0.116. The van der Waals surface area contributed by atoms with E-state index < -0.39 is 5.97 Å². The van der Waals surface area contributed by atoms with Crippen molar-refractivity contribution in [1.29, 1.82) is 0 Å². The molecule has 1 aromatic carbocycles. The molecule has 0 amide bonds. The van der Waals surface area contributed by atoms with Crippen molar-refractivity contribution in [2.24, 2.45) is 0 Å². The Bertz CT molecular complexity index is 559. The average molecular weight is 233 g/mol. The number of benzene rings is 1. The number of hydrogen-bond donors (Lipinski definition) is 2. The summed E-state index contributed by atoms with van der Waals surface area (Å²) in [6, 6.07) is 8.06. The lowest BCUT2D eigenvalue weighted by Gasteiger charge is -2.05. The van der Waals surface area contributed by atoms with Crippen LogP contribution in [-0.4, -0.2) is 18.2 Å². The molecule has 5 nitrogen and oxygen atoms in total. The fourth-order valence-corrected chi connectivity index (χ4v) is 1.49. The summed E-state index contributed by atoms with van der Waals surface area (Å²) in [5, 5.41) is 8.75. The number of rotatable bonds is 3. The Morgan fingerprint density at radius 3 is 2.65 bits per heavy atom. The molecule has 3 N–H and O–H groups in total. The number of carboxylic acids is 1. The van der Waals surface area contributed by atoms with E-state index in [0.29, 0.717) is 22.8 Å². The maximum atomic E-state index is 10.7. The lowest BCUT2D eigenvalue weighted by molar-refractivity contribution is 0.0663. The molecule has 0 atom stereocenters. The molecule has 0 bridgehead atoms. The van der Waals surface area contributed by atoms with Gasteiger partial charge in [-0.2, -0.15) is 0 Å². The van der Waals surface area contributed by atoms with Gasteiger partial charge in [0.25, 0.3) is 0 Å². The van der Waals surface area contributed by atoms with Gasteiger partial charge in [0.15, 0.2) is 0 Å². The number of nitrogens with two attached hydrogens (primary N) is 1. The number of hydrogen-bond acceptors (Lipinski definition) is 4. The summed E-state index contributed by atoms with van der Waals surface area (Å²) in [5.41, 5.74) is 6.93. The summed E-state index contributed by atoms with van der Waals surface area (Å²) in [7, 11) is 1.55. The highest BCUT2D eigenvalue weighted by atomic mass is 16.5. The second-order valence-electron chi connectivity index (χ2n) is 3.42. The Labute approximate surface area is 97.4 Å². The normalized spacial score (nSPS) is 10.2. The maximum Gasteiger partial charge on any atom is 0.371 e. The summed E-state index contributed by atoms with van der Waals surface area (Å²) < 4.78 is 10.2. The molecule has 0 fully saturated rings. The van der Waals surface area contributed by atoms with Crippen LogP contribution < -0.4 is 10.5 Å². The third kappa shape index (κ3) is 2.08. The molecule has 0 aliphatic rings. The average Bonchev–Trinajstić information content (AvgIpc) is 2.78. The smallest absolute Gasteiger partial charge is 0.371 e. The Morgan fingerprint density at radius 2 is 2.12 bits per heavy atom. The van der Waals surface area contributed by atoms with Gasteiger partial charge in [-0.05, 0) is 24.3 Å². The van der Waals surface area contributed by atoms with E-state index in [0.717, 1.165) is 0 Å². The van der Waals surface area contributed by atoms with Gasteiger partial charge in [0.1, 0.15) is 11.5 Å². The molecule has 5 heteroatoms. The van der Waals surface area contributed by atoms with Crippen LogP contribution in [0.5, 0.6) is 5.75 Å². The fraction of sp³-hybridized carbons (Fsp3) is 0.0833. The second kappa shape index (κ2) is 4.21. The molecule has 0 radical (unpaired) electrons. The van der Waals surface area contributed by atoms with Gasteiger partial charge in [-0.15, -0.1) is 0 Å². The summed E-state index contributed by atoms with van der Waals surface area (Å²) in [5.74, 6) is -0.169. The summed E-state index contributed by atoms with van der Waals surface area (Å²) >= 11 is 0. The van der Waals surface area contributed by atoms with Gasteiger partial charge in [-0.3, -0.25) is 0 Å². The minimum atomic E-state index is -1.11. The first kappa shape index (κ1) is 11.1. The zero-order valence-corrected chi connectivity index (χ0v) is 9.14. The Hall–Kier alpha value is -2.43. The van der Waals surface area contributed by atoms with Crippen LogP contribution in [0.25, 0.3) is 11.3 Å². The molecule has 1 aromatic heterocycles. The number of carbonyl (C=O) groups is 1. The molecular formula is C12H11NO4. The largest absolute Gasteiger partial charge is 0.497 e. The first-order valence-electron chi connectivity index (χ1n) is 4.89. The highest BCUT2D eigenvalue weighted by Crippen LogP contribution is 2.30. The van der Waals surface area contributed by atoms with Crippen molar-refractivity contribution in [2.75, 3.05) is 12.8 Å². The van der Waals surface area contributed by atoms with Crippen LogP contribution >= 0.6 is 0 Å². The first-order valence-corrected chi connectivity index (χ1v) is 4.89. The van der Waals surface area contributed by atoms with E-state index in [1.165, 1.54) is 6.07 Å². The monoisotopic (exact) mass is 233 g/mol. The van der Waals surface area contributed by atoms with Crippen LogP contribution in [0.15, 0.2) is 34.7 Å². The van der Waals surface area contributed by atoms with Crippen LogP contribution in [0.2, 0.25) is 0 Å². The number of methoxy groups -OCH3 is 1. The van der Waals surface area contributed by atoms with Crippen LogP contribution in [0.3, 0.4) is 0 Å². The molecule has 88 valence electrons. The zero-order chi connectivity index (χ0) is 12.4. The van der Waals surface area contributed by atoms with Crippen LogP contribution in [-0.2, 0) is 0 Å². The molecule has 0 aliphatic heterocycles. The Balaban J connectivity index is 2.42. The lowest BCUT2D eigenvalue weighted by atomic mass is 10.1. The van der Waals surface area contributed by atoms with Crippen LogP contribution in [0.4, 0.5) is 5.69 Å². The summed E-state index contributed by atoms with van der Waals surface area (Å²) in [6.07, 6.45) is 0. The van der Waals surface area contributed by atoms with Gasteiger partial charge < -0.3 is 20.0 Å². The van der Waals surface area contributed by atoms with Crippen molar-refractivity contribution in [1.82, 2.24) is 0 Å². The first-order chi connectivity index (χ1) is 8.11. The van der Waals surface area contributed by atoms with E-state index in [4.69, 9.17) is 20.0 Å². The highest BCUT2D eigenvalue weighted by Gasteiger charge is 2.12. The minimum Gasteiger partial charge on any atom is -0.497 e. The second-order valence-corrected chi connectivity index (χ2v) is 3.42. The number of carboxylic acid groups (broad SMARTS) is 1. The molecule has 0 aliphatic carbocycles. The van der Waals surface area contributed by atoms with E-state index in [1.807, 2.05) is 0 Å². The van der Waals surface area contributed by atoms with Gasteiger partial charge in [0, 0.05) is 17.3 Å². The highest BCUT2D eigenvalue weighted by molar-refractivity contribution is 5.86. The van der Waals surface area contributed by atoms with Crippen molar-refractivity contribution in [3.8, 4) is 17.1 Å². The van der Waals surface area contributed by atoms with E-state index in [9.17, 15) is 4.79 Å². The summed E-state index contributed by atoms with van der Waals surface area (Å²) in [6.45, 7) is 0. The molecule has 0 saturated heterocycles. The van der Waals surface area contributed by atoms with Gasteiger partial charge in [-0.1, -0.05) is 0 Å². The predicted molar refractivity (Wildman–Crippen MR) is 62.1 cm³/mol. The third-order valence-electron chi connectivity index (χ3n) is 2.34. The van der Waals surface area contributed by atoms with E-state index in [-0.39, 0.29) is 5.76 Å². The zero-order valence-electron chi connectivity index (χ0n) is 9.14. The number of anilines is 1. The van der Waals surface area contributed by atoms with Gasteiger partial charge in [-0.25, -0.2) is 4.79 Å². The topological polar surface area (TPSA) is 85.7 Å². The maximum absolute atomic E-state index is 10.7. The van der Waals surface area contributed by atoms with E-state index in [2.05, 4.69) is 0 Å². The van der Waals surface area contributed by atoms with Gasteiger partial charge in [0.05, 0.1) is 7.11 Å². The number of ether oxygens (including phenoxy) is 1. The van der Waals surface area contributed by atoms with Crippen LogP contribution in [0.1, 0.15) is 10.6 Å². The fourth-order valence-electron chi connectivity index (χ4n) is 1.49. The molecule has 2 rings (SSSR count). The lowest BCUT2D eigenvalue weighted by Crippen LogP contribution is -1.93. The number of furan rings is 1. The Morgan fingerprint density at radius 1 is 1.35 bits per heavy atom. The molecule has 17 heavy (non-hydrogen) atoms. The van der Waals surface area contributed by atoms with Gasteiger partial charge in [0.2, 0.25) is 5.76 Å². The van der Waals surface area contributed by atoms with Crippen molar-refractivity contribution < 1.29 is 19.1 Å². The SMILES string of the molecule is COc1ccc(-c2ccc(C(=O)O)o2)c(N)c1. The molecule has 0 saturated carbocycles. The number of aromatic carboxylic acids is 1. The van der Waals surface area contributed by atoms with Crippen molar-refractivity contribution in [3.63, 3.8) is 0 Å². The molecular weight excluding hydrogens is 222 g/mol. The molecule has 0 unspecified atom stereocenters. The molecule has 0 spiro atoms. The van der Waals surface area contributed by atoms with Crippen molar-refractivity contribution in [3.05, 3.63) is 36.1 Å². The van der Waals surface area contributed by atoms with Crippen molar-refractivity contribution >= 4 is 11.7 Å². The third-order valence-corrected chi connectivity index (χ3v) is 2.34. The van der Waals surface area contributed by atoms with Crippen molar-refractivity contribution in [2.45, 2.75) is 0 Å². The quantitative estimate of drug-likeness (QED) is 0.794. The van der Waals surface area contributed by atoms with Crippen LogP contribution in [0, 0.1) is 0 Å². The molecule has 2 aromatic rings. The van der Waals surface area contributed by atoms with Gasteiger partial charge >= 0.3 is 5.97 Å². The van der Waals surface area contributed by atoms with E-state index in [1.54, 1.807) is 31.4 Å². The molecule has 1 heterocycles.